The first-order valence-electron chi connectivity index (χ1n) is 7.88. The largest absolute Gasteiger partial charge is 0.410 e. The van der Waals surface area contributed by atoms with Gasteiger partial charge in [-0.05, 0) is 43.8 Å². The van der Waals surface area contributed by atoms with Gasteiger partial charge in [0.15, 0.2) is 0 Å². The van der Waals surface area contributed by atoms with Crippen LogP contribution in [0.2, 0.25) is 0 Å². The van der Waals surface area contributed by atoms with Crippen molar-refractivity contribution in [2.45, 2.75) is 0 Å². The van der Waals surface area contributed by atoms with E-state index < -0.39 is 0 Å². The summed E-state index contributed by atoms with van der Waals surface area (Å²) in [6, 6.07) is 31.6. The van der Waals surface area contributed by atoms with Crippen molar-refractivity contribution in [3.05, 3.63) is 91.0 Å². The summed E-state index contributed by atoms with van der Waals surface area (Å²) in [7, 11) is 4.29. The number of para-hydroxylation sites is 2. The lowest BCUT2D eigenvalue weighted by Crippen LogP contribution is -2.58. The first kappa shape index (κ1) is 15.2. The van der Waals surface area contributed by atoms with Gasteiger partial charge in [0.25, 0.3) is 0 Å². The zero-order valence-electron chi connectivity index (χ0n) is 13.6. The van der Waals surface area contributed by atoms with Crippen LogP contribution in [0.25, 0.3) is 0 Å². The molecule has 114 valence electrons. The van der Waals surface area contributed by atoms with E-state index in [1.54, 1.807) is 0 Å². The van der Waals surface area contributed by atoms with Crippen LogP contribution >= 0.6 is 0 Å². The van der Waals surface area contributed by atoms with Crippen LogP contribution in [0.5, 0.6) is 0 Å². The number of nitrogens with zero attached hydrogens (tertiary/aromatic N) is 2. The fourth-order valence-corrected chi connectivity index (χ4v) is 2.94. The van der Waals surface area contributed by atoms with Crippen molar-refractivity contribution in [3.63, 3.8) is 0 Å². The lowest BCUT2D eigenvalue weighted by atomic mass is 9.64. The van der Waals surface area contributed by atoms with Crippen LogP contribution in [0, 0.1) is 0 Å². The van der Waals surface area contributed by atoms with Crippen molar-refractivity contribution in [3.8, 4) is 0 Å². The van der Waals surface area contributed by atoms with Crippen molar-refractivity contribution in [1.82, 2.24) is 0 Å². The normalized spacial score (nSPS) is 10.2. The minimum Gasteiger partial charge on any atom is -0.395 e. The molecule has 0 N–H and O–H groups in total. The quantitative estimate of drug-likeness (QED) is 0.664. The Morgan fingerprint density at radius 1 is 0.522 bits per heavy atom. The van der Waals surface area contributed by atoms with Gasteiger partial charge in [0.05, 0.1) is 0 Å². The van der Waals surface area contributed by atoms with Gasteiger partial charge in [0.1, 0.15) is 0 Å². The molecular formula is C20H21BN2. The van der Waals surface area contributed by atoms with Crippen LogP contribution in [0.1, 0.15) is 0 Å². The highest BCUT2D eigenvalue weighted by Crippen LogP contribution is 2.19. The maximum atomic E-state index is 2.31. The van der Waals surface area contributed by atoms with E-state index in [1.165, 1.54) is 16.8 Å². The SMILES string of the molecule is CN(B(c1ccccc1)N(C)c1ccccc1)c1ccccc1. The second-order valence-electron chi connectivity index (χ2n) is 5.68. The molecule has 2 nitrogen and oxygen atoms in total. The highest BCUT2D eigenvalue weighted by molar-refractivity contribution is 6.79. The third-order valence-corrected chi connectivity index (χ3v) is 4.16. The zero-order chi connectivity index (χ0) is 16.1. The van der Waals surface area contributed by atoms with E-state index in [0.29, 0.717) is 0 Å². The molecule has 0 unspecified atom stereocenters. The Bertz CT molecular complexity index is 671. The Kier molecular flexibility index (Phi) is 4.67. The van der Waals surface area contributed by atoms with E-state index in [2.05, 4.69) is 115 Å². The fraction of sp³-hybridized carbons (Fsp3) is 0.100. The van der Waals surface area contributed by atoms with Crippen LogP contribution in [-0.4, -0.2) is 21.1 Å². The summed E-state index contributed by atoms with van der Waals surface area (Å²) >= 11 is 0. The second-order valence-corrected chi connectivity index (χ2v) is 5.68. The molecule has 3 aromatic carbocycles. The van der Waals surface area contributed by atoms with Gasteiger partial charge in [-0.1, -0.05) is 66.7 Å². The topological polar surface area (TPSA) is 6.48 Å². The van der Waals surface area contributed by atoms with Crippen molar-refractivity contribution < 1.29 is 0 Å². The van der Waals surface area contributed by atoms with E-state index in [1.807, 2.05) is 0 Å². The monoisotopic (exact) mass is 300 g/mol. The molecule has 0 spiro atoms. The van der Waals surface area contributed by atoms with Crippen LogP contribution in [0.15, 0.2) is 91.0 Å². The maximum absolute atomic E-state index is 2.31. The maximum Gasteiger partial charge on any atom is 0.410 e. The highest BCUT2D eigenvalue weighted by Gasteiger charge is 2.29. The van der Waals surface area contributed by atoms with E-state index >= 15 is 0 Å². The molecule has 3 aromatic rings. The molecule has 0 aliphatic carbocycles. The molecule has 0 bridgehead atoms. The van der Waals surface area contributed by atoms with Gasteiger partial charge < -0.3 is 9.62 Å². The number of hydrogen-bond donors (Lipinski definition) is 0. The lowest BCUT2D eigenvalue weighted by Gasteiger charge is -2.35. The predicted molar refractivity (Wildman–Crippen MR) is 102 cm³/mol. The highest BCUT2D eigenvalue weighted by atomic mass is 15.2. The molecule has 0 aliphatic rings. The molecule has 0 atom stereocenters. The van der Waals surface area contributed by atoms with Crippen molar-refractivity contribution in [2.24, 2.45) is 0 Å². The summed E-state index contributed by atoms with van der Waals surface area (Å²) in [6.45, 7) is 0.126. The van der Waals surface area contributed by atoms with Gasteiger partial charge in [-0.25, -0.2) is 0 Å². The van der Waals surface area contributed by atoms with Gasteiger partial charge in [-0.2, -0.15) is 0 Å². The number of hydrogen-bond acceptors (Lipinski definition) is 2. The van der Waals surface area contributed by atoms with E-state index in [0.717, 1.165) is 0 Å². The van der Waals surface area contributed by atoms with Gasteiger partial charge in [0.2, 0.25) is 0 Å². The zero-order valence-corrected chi connectivity index (χ0v) is 13.6. The summed E-state index contributed by atoms with van der Waals surface area (Å²) in [5.74, 6) is 0. The Balaban J connectivity index is 2.01. The third-order valence-electron chi connectivity index (χ3n) is 4.16. The summed E-state index contributed by atoms with van der Waals surface area (Å²) < 4.78 is 0. The van der Waals surface area contributed by atoms with Gasteiger partial charge in [-0.15, -0.1) is 0 Å². The minimum absolute atomic E-state index is 0.126. The summed E-state index contributed by atoms with van der Waals surface area (Å²) in [5, 5.41) is 0. The standard InChI is InChI=1S/C20H21BN2/c1-22(19-14-8-4-9-15-19)21(18-12-6-3-7-13-18)23(2)20-16-10-5-11-17-20/h3-17H,1-2H3. The molecule has 3 rings (SSSR count). The molecule has 0 amide bonds. The average Bonchev–Trinajstić information content (AvgIpc) is 2.64. The Hall–Kier alpha value is -2.68. The van der Waals surface area contributed by atoms with Gasteiger partial charge >= 0.3 is 6.98 Å². The molecule has 23 heavy (non-hydrogen) atoms. The smallest absolute Gasteiger partial charge is 0.395 e. The van der Waals surface area contributed by atoms with Gasteiger partial charge in [0, 0.05) is 11.4 Å². The van der Waals surface area contributed by atoms with Crippen LogP contribution in [0.4, 0.5) is 11.4 Å². The van der Waals surface area contributed by atoms with E-state index in [9.17, 15) is 0 Å². The first-order chi connectivity index (χ1) is 11.3. The summed E-state index contributed by atoms with van der Waals surface area (Å²) in [6.07, 6.45) is 0. The molecule has 0 heterocycles. The Morgan fingerprint density at radius 3 is 1.26 bits per heavy atom. The molecule has 0 aliphatic heterocycles. The van der Waals surface area contributed by atoms with Gasteiger partial charge in [-0.3, -0.25) is 0 Å². The molecule has 0 saturated carbocycles. The van der Waals surface area contributed by atoms with Crippen molar-refractivity contribution in [1.29, 1.82) is 0 Å². The van der Waals surface area contributed by atoms with E-state index in [4.69, 9.17) is 0 Å². The molecule has 0 aromatic heterocycles. The minimum atomic E-state index is 0.126. The third kappa shape index (κ3) is 3.40. The molecule has 3 heteroatoms. The number of anilines is 2. The first-order valence-corrected chi connectivity index (χ1v) is 7.88. The van der Waals surface area contributed by atoms with E-state index in [-0.39, 0.29) is 6.98 Å². The van der Waals surface area contributed by atoms with Crippen molar-refractivity contribution >= 4 is 23.8 Å². The van der Waals surface area contributed by atoms with Crippen LogP contribution in [0.3, 0.4) is 0 Å². The Labute approximate surface area is 139 Å². The van der Waals surface area contributed by atoms with Crippen LogP contribution in [-0.2, 0) is 0 Å². The Morgan fingerprint density at radius 2 is 0.870 bits per heavy atom. The fourth-order valence-electron chi connectivity index (χ4n) is 2.94. The number of benzene rings is 3. The summed E-state index contributed by atoms with van der Waals surface area (Å²) in [4.78, 5) is 4.62. The van der Waals surface area contributed by atoms with Crippen molar-refractivity contribution in [2.75, 3.05) is 23.7 Å². The summed E-state index contributed by atoms with van der Waals surface area (Å²) in [5.41, 5.74) is 3.67. The predicted octanol–water partition coefficient (Wildman–Crippen LogP) is 3.65. The average molecular weight is 300 g/mol. The molecular weight excluding hydrogens is 279 g/mol. The molecule has 0 saturated heterocycles. The lowest BCUT2D eigenvalue weighted by molar-refractivity contribution is 1.20. The van der Waals surface area contributed by atoms with Crippen LogP contribution < -0.4 is 15.1 Å². The number of rotatable bonds is 5. The molecule has 0 fully saturated rings. The molecule has 0 radical (unpaired) electrons. The second kappa shape index (κ2) is 7.06.